The fraction of sp³-hybridized carbons (Fsp3) is 0.333. The van der Waals surface area contributed by atoms with Crippen molar-refractivity contribution < 1.29 is 4.39 Å². The predicted octanol–water partition coefficient (Wildman–Crippen LogP) is 2.90. The van der Waals surface area contributed by atoms with Crippen molar-refractivity contribution in [1.29, 1.82) is 0 Å². The van der Waals surface area contributed by atoms with E-state index in [0.717, 1.165) is 18.4 Å². The number of nitrogens with two attached hydrogens (primary N) is 1. The molecule has 0 aliphatic heterocycles. The Morgan fingerprint density at radius 2 is 2.31 bits per heavy atom. The molecule has 0 saturated heterocycles. The molecule has 0 fully saturated rings. The Balaban J connectivity index is 2.79. The standard InChI is InChI=1S/C12H14BrFN2/c1-2-3-4-8-11(16-15)9-6-5-7-10(14)12(9)13/h1,5-7,11,16H,3-4,8,15H2. The van der Waals surface area contributed by atoms with Crippen LogP contribution in [0.15, 0.2) is 22.7 Å². The summed E-state index contributed by atoms with van der Waals surface area (Å²) in [5.41, 5.74) is 3.50. The molecule has 2 nitrogen and oxygen atoms in total. The number of unbranched alkanes of at least 4 members (excludes halogenated alkanes) is 1. The van der Waals surface area contributed by atoms with Gasteiger partial charge in [-0.05, 0) is 40.4 Å². The van der Waals surface area contributed by atoms with Crippen molar-refractivity contribution >= 4 is 15.9 Å². The van der Waals surface area contributed by atoms with E-state index in [1.807, 2.05) is 6.07 Å². The molecule has 1 aromatic carbocycles. The molecule has 0 radical (unpaired) electrons. The molecular formula is C12H14BrFN2. The number of halogens is 2. The maximum absolute atomic E-state index is 13.3. The van der Waals surface area contributed by atoms with Crippen molar-refractivity contribution in [2.24, 2.45) is 5.84 Å². The van der Waals surface area contributed by atoms with Crippen molar-refractivity contribution in [2.45, 2.75) is 25.3 Å². The van der Waals surface area contributed by atoms with E-state index in [2.05, 4.69) is 27.3 Å². The first-order valence-electron chi connectivity index (χ1n) is 5.04. The van der Waals surface area contributed by atoms with Crippen LogP contribution < -0.4 is 11.3 Å². The summed E-state index contributed by atoms with van der Waals surface area (Å²) in [6, 6.07) is 4.83. The molecule has 0 spiro atoms. The van der Waals surface area contributed by atoms with Gasteiger partial charge in [0.2, 0.25) is 0 Å². The zero-order valence-electron chi connectivity index (χ0n) is 8.84. The van der Waals surface area contributed by atoms with Crippen molar-refractivity contribution in [3.63, 3.8) is 0 Å². The lowest BCUT2D eigenvalue weighted by atomic mass is 10.0. The van der Waals surface area contributed by atoms with Crippen LogP contribution in [0.4, 0.5) is 4.39 Å². The van der Waals surface area contributed by atoms with Crippen LogP contribution in [-0.4, -0.2) is 0 Å². The van der Waals surface area contributed by atoms with Gasteiger partial charge in [0.05, 0.1) is 4.47 Å². The fourth-order valence-corrected chi connectivity index (χ4v) is 2.07. The summed E-state index contributed by atoms with van der Waals surface area (Å²) in [6.07, 6.45) is 7.51. The van der Waals surface area contributed by atoms with Gasteiger partial charge in [-0.15, -0.1) is 12.3 Å². The average molecular weight is 285 g/mol. The van der Waals surface area contributed by atoms with E-state index < -0.39 is 0 Å². The first-order chi connectivity index (χ1) is 7.70. The molecule has 0 amide bonds. The molecule has 4 heteroatoms. The van der Waals surface area contributed by atoms with Crippen molar-refractivity contribution in [3.8, 4) is 12.3 Å². The highest BCUT2D eigenvalue weighted by Crippen LogP contribution is 2.28. The number of hydrogen-bond donors (Lipinski definition) is 2. The van der Waals surface area contributed by atoms with E-state index in [0.29, 0.717) is 10.9 Å². The summed E-state index contributed by atoms with van der Waals surface area (Å²) in [5.74, 6) is 7.75. The zero-order chi connectivity index (χ0) is 12.0. The fourth-order valence-electron chi connectivity index (χ4n) is 1.53. The largest absolute Gasteiger partial charge is 0.271 e. The number of terminal acetylenes is 1. The normalized spacial score (nSPS) is 12.1. The molecule has 0 saturated carbocycles. The second-order valence-corrected chi connectivity index (χ2v) is 4.25. The van der Waals surface area contributed by atoms with Crippen LogP contribution in [0.3, 0.4) is 0 Å². The zero-order valence-corrected chi connectivity index (χ0v) is 10.4. The molecule has 1 atom stereocenters. The molecular weight excluding hydrogens is 271 g/mol. The third-order valence-corrected chi connectivity index (χ3v) is 3.21. The molecule has 1 aromatic rings. The molecule has 3 N–H and O–H groups in total. The highest BCUT2D eigenvalue weighted by Gasteiger charge is 2.14. The number of nitrogens with one attached hydrogen (secondary N) is 1. The Morgan fingerprint density at radius 1 is 1.56 bits per heavy atom. The summed E-state index contributed by atoms with van der Waals surface area (Å²) < 4.78 is 13.8. The third kappa shape index (κ3) is 3.31. The van der Waals surface area contributed by atoms with Crippen molar-refractivity contribution in [2.75, 3.05) is 0 Å². The van der Waals surface area contributed by atoms with Gasteiger partial charge in [-0.1, -0.05) is 12.1 Å². The number of hydrogen-bond acceptors (Lipinski definition) is 2. The van der Waals surface area contributed by atoms with E-state index in [1.54, 1.807) is 6.07 Å². The lowest BCUT2D eigenvalue weighted by molar-refractivity contribution is 0.496. The maximum Gasteiger partial charge on any atom is 0.137 e. The Bertz CT molecular complexity index is 387. The van der Waals surface area contributed by atoms with Crippen LogP contribution in [0.1, 0.15) is 30.9 Å². The Kier molecular flexibility index (Phi) is 5.47. The van der Waals surface area contributed by atoms with Gasteiger partial charge in [0, 0.05) is 12.5 Å². The molecule has 86 valence electrons. The van der Waals surface area contributed by atoms with Gasteiger partial charge in [0.15, 0.2) is 0 Å². The van der Waals surface area contributed by atoms with E-state index in [9.17, 15) is 4.39 Å². The number of hydrazine groups is 1. The van der Waals surface area contributed by atoms with E-state index in [4.69, 9.17) is 12.3 Å². The van der Waals surface area contributed by atoms with Crippen LogP contribution in [-0.2, 0) is 0 Å². The SMILES string of the molecule is C#CCCCC(NN)c1cccc(F)c1Br. The lowest BCUT2D eigenvalue weighted by Gasteiger charge is -2.17. The number of benzene rings is 1. The highest BCUT2D eigenvalue weighted by molar-refractivity contribution is 9.10. The Labute approximate surface area is 104 Å². The monoisotopic (exact) mass is 284 g/mol. The van der Waals surface area contributed by atoms with Gasteiger partial charge in [-0.25, -0.2) is 4.39 Å². The molecule has 0 bridgehead atoms. The molecule has 0 aliphatic rings. The second kappa shape index (κ2) is 6.64. The van der Waals surface area contributed by atoms with Gasteiger partial charge in [0.1, 0.15) is 5.82 Å². The van der Waals surface area contributed by atoms with Crippen LogP contribution in [0.2, 0.25) is 0 Å². The molecule has 0 aliphatic carbocycles. The minimum Gasteiger partial charge on any atom is -0.271 e. The summed E-state index contributed by atoms with van der Waals surface area (Å²) in [6.45, 7) is 0. The average Bonchev–Trinajstić information content (AvgIpc) is 2.29. The molecule has 1 rings (SSSR count). The highest BCUT2D eigenvalue weighted by atomic mass is 79.9. The van der Waals surface area contributed by atoms with Gasteiger partial charge >= 0.3 is 0 Å². The van der Waals surface area contributed by atoms with Gasteiger partial charge in [0.25, 0.3) is 0 Å². The summed E-state index contributed by atoms with van der Waals surface area (Å²) >= 11 is 3.22. The molecule has 1 unspecified atom stereocenters. The minimum atomic E-state index is -0.283. The van der Waals surface area contributed by atoms with E-state index >= 15 is 0 Å². The van der Waals surface area contributed by atoms with Crippen molar-refractivity contribution in [3.05, 3.63) is 34.1 Å². The van der Waals surface area contributed by atoms with Crippen LogP contribution >= 0.6 is 15.9 Å². The van der Waals surface area contributed by atoms with Crippen LogP contribution in [0.25, 0.3) is 0 Å². The van der Waals surface area contributed by atoms with E-state index in [1.165, 1.54) is 6.07 Å². The third-order valence-electron chi connectivity index (χ3n) is 2.37. The summed E-state index contributed by atoms with van der Waals surface area (Å²) in [4.78, 5) is 0. The summed E-state index contributed by atoms with van der Waals surface area (Å²) in [7, 11) is 0. The van der Waals surface area contributed by atoms with Gasteiger partial charge in [-0.3, -0.25) is 11.3 Å². The first-order valence-corrected chi connectivity index (χ1v) is 5.83. The van der Waals surface area contributed by atoms with Crippen molar-refractivity contribution in [1.82, 2.24) is 5.43 Å². The Hall–Kier alpha value is -0.890. The maximum atomic E-state index is 13.3. The number of rotatable bonds is 5. The second-order valence-electron chi connectivity index (χ2n) is 3.46. The first kappa shape index (κ1) is 13.2. The molecule has 0 heterocycles. The molecule has 16 heavy (non-hydrogen) atoms. The topological polar surface area (TPSA) is 38.0 Å². The smallest absolute Gasteiger partial charge is 0.137 e. The lowest BCUT2D eigenvalue weighted by Crippen LogP contribution is -2.28. The predicted molar refractivity (Wildman–Crippen MR) is 66.8 cm³/mol. The van der Waals surface area contributed by atoms with Crippen LogP contribution in [0, 0.1) is 18.2 Å². The Morgan fingerprint density at radius 3 is 2.94 bits per heavy atom. The quantitative estimate of drug-likeness (QED) is 0.378. The minimum absolute atomic E-state index is 0.0848. The van der Waals surface area contributed by atoms with E-state index in [-0.39, 0.29) is 11.9 Å². The van der Waals surface area contributed by atoms with Crippen LogP contribution in [0.5, 0.6) is 0 Å². The molecule has 0 aromatic heterocycles. The summed E-state index contributed by atoms with van der Waals surface area (Å²) in [5, 5.41) is 0. The van der Waals surface area contributed by atoms with Gasteiger partial charge < -0.3 is 0 Å². The van der Waals surface area contributed by atoms with Gasteiger partial charge in [-0.2, -0.15) is 0 Å².